The number of carbonyl (C=O) groups is 5. The molecular formula is C26H25ClF3N5O5. The van der Waals surface area contributed by atoms with Gasteiger partial charge in [-0.25, -0.2) is 0 Å². The molecule has 1 aliphatic heterocycles. The van der Waals surface area contributed by atoms with Crippen molar-refractivity contribution in [1.82, 2.24) is 20.9 Å². The number of alkyl halides is 3. The predicted molar refractivity (Wildman–Crippen MR) is 136 cm³/mol. The van der Waals surface area contributed by atoms with Gasteiger partial charge in [0.1, 0.15) is 5.69 Å². The smallest absolute Gasteiger partial charge is 0.356 e. The van der Waals surface area contributed by atoms with Gasteiger partial charge in [0.2, 0.25) is 11.7 Å². The monoisotopic (exact) mass is 579 g/mol. The normalized spacial score (nSPS) is 17.8. The quantitative estimate of drug-likeness (QED) is 0.336. The van der Waals surface area contributed by atoms with E-state index in [1.54, 1.807) is 0 Å². The van der Waals surface area contributed by atoms with E-state index in [0.29, 0.717) is 25.5 Å². The van der Waals surface area contributed by atoms with Gasteiger partial charge in [0.15, 0.2) is 0 Å². The van der Waals surface area contributed by atoms with E-state index in [1.165, 1.54) is 18.2 Å². The number of amides is 4. The molecule has 1 aliphatic carbocycles. The number of piperidine rings is 1. The Morgan fingerprint density at radius 2 is 1.82 bits per heavy atom. The largest absolute Gasteiger partial charge is 0.433 e. The van der Waals surface area contributed by atoms with Crippen molar-refractivity contribution in [1.29, 1.82) is 0 Å². The lowest BCUT2D eigenvalue weighted by atomic mass is 9.89. The number of hydrogen-bond donors (Lipinski definition) is 4. The van der Waals surface area contributed by atoms with Gasteiger partial charge in [-0.2, -0.15) is 13.2 Å². The molecule has 2 heterocycles. The summed E-state index contributed by atoms with van der Waals surface area (Å²) in [6, 6.07) is 3.96. The fourth-order valence-electron chi connectivity index (χ4n) is 4.19. The van der Waals surface area contributed by atoms with E-state index in [2.05, 4.69) is 26.3 Å². The molecule has 1 aromatic carbocycles. The van der Waals surface area contributed by atoms with Gasteiger partial charge in [-0.1, -0.05) is 11.6 Å². The van der Waals surface area contributed by atoms with E-state index in [0.717, 1.165) is 25.1 Å². The zero-order chi connectivity index (χ0) is 29.0. The molecule has 0 spiro atoms. The summed E-state index contributed by atoms with van der Waals surface area (Å²) in [5.74, 6) is -4.58. The van der Waals surface area contributed by atoms with Crippen LogP contribution in [0.5, 0.6) is 0 Å². The summed E-state index contributed by atoms with van der Waals surface area (Å²) in [5, 5.41) is 10.2. The van der Waals surface area contributed by atoms with Gasteiger partial charge in [0.05, 0.1) is 17.3 Å². The molecule has 212 valence electrons. The first kappa shape index (κ1) is 29.0. The van der Waals surface area contributed by atoms with Crippen molar-refractivity contribution < 1.29 is 37.1 Å². The fourth-order valence-corrected chi connectivity index (χ4v) is 4.36. The van der Waals surface area contributed by atoms with Crippen molar-refractivity contribution in [3.63, 3.8) is 0 Å². The highest BCUT2D eigenvalue weighted by Gasteiger charge is 2.36. The Morgan fingerprint density at radius 3 is 2.50 bits per heavy atom. The van der Waals surface area contributed by atoms with E-state index in [1.807, 2.05) is 0 Å². The van der Waals surface area contributed by atoms with E-state index in [9.17, 15) is 37.1 Å². The molecular weight excluding hydrogens is 555 g/mol. The van der Waals surface area contributed by atoms with Crippen molar-refractivity contribution in [3.05, 3.63) is 58.4 Å². The number of hydrogen-bond acceptors (Lipinski definition) is 6. The lowest BCUT2D eigenvalue weighted by Crippen LogP contribution is -2.50. The van der Waals surface area contributed by atoms with Crippen molar-refractivity contribution >= 4 is 46.7 Å². The van der Waals surface area contributed by atoms with Crippen molar-refractivity contribution in [2.75, 3.05) is 11.9 Å². The number of ketones is 1. The van der Waals surface area contributed by atoms with Crippen molar-refractivity contribution in [3.8, 4) is 0 Å². The lowest BCUT2D eigenvalue weighted by Gasteiger charge is -2.26. The second-order valence-corrected chi connectivity index (χ2v) is 10.0. The highest BCUT2D eigenvalue weighted by atomic mass is 35.5. The average Bonchev–Trinajstić information content (AvgIpc) is 3.73. The molecule has 0 bridgehead atoms. The first-order chi connectivity index (χ1) is 18.9. The van der Waals surface area contributed by atoms with Crippen molar-refractivity contribution in [2.24, 2.45) is 5.92 Å². The second-order valence-electron chi connectivity index (χ2n) is 9.58. The number of pyridine rings is 1. The maximum atomic E-state index is 13.4. The van der Waals surface area contributed by atoms with Crippen LogP contribution >= 0.6 is 11.6 Å². The number of nitrogens with zero attached hydrogens (tertiary/aromatic N) is 1. The first-order valence-electron chi connectivity index (χ1n) is 12.5. The molecule has 2 aliphatic rings. The van der Waals surface area contributed by atoms with Gasteiger partial charge in [-0.3, -0.25) is 29.0 Å². The number of rotatable bonds is 9. The number of carbonyl (C=O) groups excluding carboxylic acids is 5. The van der Waals surface area contributed by atoms with E-state index in [4.69, 9.17) is 11.6 Å². The highest BCUT2D eigenvalue weighted by molar-refractivity contribution is 6.38. The number of nitrogens with one attached hydrogen (secondary N) is 4. The topological polar surface area (TPSA) is 146 Å². The average molecular weight is 580 g/mol. The first-order valence-corrected chi connectivity index (χ1v) is 12.9. The molecule has 2 fully saturated rings. The van der Waals surface area contributed by atoms with Crippen LogP contribution in [0, 0.1) is 5.92 Å². The summed E-state index contributed by atoms with van der Waals surface area (Å²) in [6.45, 7) is 0.482. The van der Waals surface area contributed by atoms with Gasteiger partial charge < -0.3 is 21.3 Å². The standard InChI is InChI=1S/C26H25ClF3N5O5/c27-15-3-6-18(34-23(38)14-7-9-31-20(11-14)26(28,29)30)17(12-15)24(39)35-19(10-13-2-1-8-32-22(13)37)21(36)25(40)33-16-4-5-16/h3,6-7,9,11-13,16,19H,1-2,4-5,8,10H2,(H,32,37)(H,33,40)(H,34,38)(H,35,39)/t13-,19-/m0/s1. The number of halogens is 4. The van der Waals surface area contributed by atoms with Crippen LogP contribution in [0.15, 0.2) is 36.5 Å². The van der Waals surface area contributed by atoms with Crippen LogP contribution in [0.3, 0.4) is 0 Å². The molecule has 10 nitrogen and oxygen atoms in total. The Hall–Kier alpha value is -4.00. The molecule has 2 atom stereocenters. The SMILES string of the molecule is O=C(NC1CC1)C(=O)[C@H](C[C@@H]1CCCNC1=O)NC(=O)c1cc(Cl)ccc1NC(=O)c1ccnc(C(F)(F)F)c1. The van der Waals surface area contributed by atoms with Gasteiger partial charge in [-0.05, 0) is 62.4 Å². The Balaban J connectivity index is 1.56. The molecule has 1 aromatic heterocycles. The maximum Gasteiger partial charge on any atom is 0.433 e. The number of Topliss-reactive ketones (excluding diaryl/α,β-unsaturated/α-hetero) is 1. The van der Waals surface area contributed by atoms with E-state index in [-0.39, 0.29) is 40.2 Å². The van der Waals surface area contributed by atoms with Crippen LogP contribution in [-0.2, 0) is 20.6 Å². The molecule has 40 heavy (non-hydrogen) atoms. The molecule has 4 rings (SSSR count). The molecule has 4 amide bonds. The van der Waals surface area contributed by atoms with Crippen LogP contribution < -0.4 is 21.3 Å². The van der Waals surface area contributed by atoms with Gasteiger partial charge in [0.25, 0.3) is 17.7 Å². The Kier molecular flexibility index (Phi) is 8.72. The molecule has 1 saturated carbocycles. The number of benzene rings is 1. The van der Waals surface area contributed by atoms with Crippen LogP contribution in [0.25, 0.3) is 0 Å². The summed E-state index contributed by atoms with van der Waals surface area (Å²) in [4.78, 5) is 67.2. The molecule has 2 aromatic rings. The van der Waals surface area contributed by atoms with Gasteiger partial charge >= 0.3 is 6.18 Å². The van der Waals surface area contributed by atoms with Crippen molar-refractivity contribution in [2.45, 2.75) is 50.4 Å². The van der Waals surface area contributed by atoms with Crippen LogP contribution in [0.1, 0.15) is 58.5 Å². The number of aromatic nitrogens is 1. The highest BCUT2D eigenvalue weighted by Crippen LogP contribution is 2.28. The Labute approximate surface area is 231 Å². The second kappa shape index (κ2) is 12.0. The Bertz CT molecular complexity index is 1350. The van der Waals surface area contributed by atoms with Crippen LogP contribution in [0.2, 0.25) is 5.02 Å². The molecule has 1 saturated heterocycles. The minimum absolute atomic E-state index is 0.0902. The lowest BCUT2D eigenvalue weighted by molar-refractivity contribution is -0.141. The third-order valence-corrected chi connectivity index (χ3v) is 6.70. The third kappa shape index (κ3) is 7.34. The summed E-state index contributed by atoms with van der Waals surface area (Å²) < 4.78 is 39.1. The predicted octanol–water partition coefficient (Wildman–Crippen LogP) is 2.87. The summed E-state index contributed by atoms with van der Waals surface area (Å²) in [7, 11) is 0. The number of anilines is 1. The van der Waals surface area contributed by atoms with E-state index >= 15 is 0 Å². The Morgan fingerprint density at radius 1 is 1.07 bits per heavy atom. The molecule has 14 heteroatoms. The fraction of sp³-hybridized carbons (Fsp3) is 0.385. The zero-order valence-corrected chi connectivity index (χ0v) is 21.7. The van der Waals surface area contributed by atoms with Crippen LogP contribution in [0.4, 0.5) is 18.9 Å². The molecule has 0 radical (unpaired) electrons. The minimum Gasteiger partial charge on any atom is -0.356 e. The zero-order valence-electron chi connectivity index (χ0n) is 20.9. The van der Waals surface area contributed by atoms with E-state index < -0.39 is 47.3 Å². The summed E-state index contributed by atoms with van der Waals surface area (Å²) in [6.07, 6.45) is -1.49. The molecule has 4 N–H and O–H groups in total. The molecule has 0 unspecified atom stereocenters. The maximum absolute atomic E-state index is 13.4. The summed E-state index contributed by atoms with van der Waals surface area (Å²) >= 11 is 6.06. The van der Waals surface area contributed by atoms with Gasteiger partial charge in [0, 0.05) is 35.3 Å². The minimum atomic E-state index is -4.77. The third-order valence-electron chi connectivity index (χ3n) is 6.46. The summed E-state index contributed by atoms with van der Waals surface area (Å²) in [5.41, 5.74) is -1.95. The van der Waals surface area contributed by atoms with Gasteiger partial charge in [-0.15, -0.1) is 0 Å². The van der Waals surface area contributed by atoms with Crippen LogP contribution in [-0.4, -0.2) is 53.0 Å².